The molecule has 21 heavy (non-hydrogen) atoms. The second-order valence-corrected chi connectivity index (χ2v) is 6.42. The standard InChI is InChI=1S/C18H23N3/c1-2-9-16(10-3-1)21-18(12-15-8-5-11-19-15)17(13-20-21)14-6-4-7-14/h1-3,9-10,13-15,19H,4-8,11-12H2. The number of hydrogen-bond donors (Lipinski definition) is 1. The van der Waals surface area contributed by atoms with Crippen molar-refractivity contribution in [1.29, 1.82) is 0 Å². The molecule has 1 aromatic carbocycles. The molecule has 4 rings (SSSR count). The lowest BCUT2D eigenvalue weighted by Crippen LogP contribution is -2.26. The van der Waals surface area contributed by atoms with Crippen LogP contribution < -0.4 is 5.32 Å². The molecular formula is C18H23N3. The van der Waals surface area contributed by atoms with Crippen LogP contribution in [0, 0.1) is 0 Å². The van der Waals surface area contributed by atoms with Crippen molar-refractivity contribution in [1.82, 2.24) is 15.1 Å². The third-order valence-electron chi connectivity index (χ3n) is 5.05. The van der Waals surface area contributed by atoms with Crippen LogP contribution >= 0.6 is 0 Å². The molecule has 1 saturated carbocycles. The molecule has 3 heteroatoms. The van der Waals surface area contributed by atoms with Crippen LogP contribution in [-0.4, -0.2) is 22.4 Å². The summed E-state index contributed by atoms with van der Waals surface area (Å²) >= 11 is 0. The van der Waals surface area contributed by atoms with E-state index in [-0.39, 0.29) is 0 Å². The zero-order chi connectivity index (χ0) is 14.1. The predicted octanol–water partition coefficient (Wildman–Crippen LogP) is 3.43. The highest BCUT2D eigenvalue weighted by molar-refractivity contribution is 5.37. The molecule has 110 valence electrons. The van der Waals surface area contributed by atoms with Crippen molar-refractivity contribution in [2.45, 2.75) is 50.5 Å². The molecular weight excluding hydrogens is 258 g/mol. The molecule has 2 heterocycles. The average molecular weight is 281 g/mol. The van der Waals surface area contributed by atoms with Crippen LogP contribution in [0.25, 0.3) is 5.69 Å². The fraction of sp³-hybridized carbons (Fsp3) is 0.500. The quantitative estimate of drug-likeness (QED) is 0.930. The van der Waals surface area contributed by atoms with Gasteiger partial charge in [0.1, 0.15) is 0 Å². The molecule has 1 aliphatic heterocycles. The van der Waals surface area contributed by atoms with Crippen LogP contribution in [0.2, 0.25) is 0 Å². The van der Waals surface area contributed by atoms with Gasteiger partial charge in [-0.05, 0) is 55.8 Å². The van der Waals surface area contributed by atoms with E-state index >= 15 is 0 Å². The highest BCUT2D eigenvalue weighted by Gasteiger charge is 2.27. The topological polar surface area (TPSA) is 29.9 Å². The number of nitrogens with zero attached hydrogens (tertiary/aromatic N) is 2. The lowest BCUT2D eigenvalue weighted by Gasteiger charge is -2.26. The Balaban J connectivity index is 1.70. The molecule has 1 aromatic heterocycles. The van der Waals surface area contributed by atoms with E-state index in [1.807, 2.05) is 0 Å². The Morgan fingerprint density at radius 2 is 1.95 bits per heavy atom. The van der Waals surface area contributed by atoms with Gasteiger partial charge in [-0.2, -0.15) is 5.10 Å². The Morgan fingerprint density at radius 1 is 1.10 bits per heavy atom. The minimum absolute atomic E-state index is 0.628. The Kier molecular flexibility index (Phi) is 3.52. The highest BCUT2D eigenvalue weighted by Crippen LogP contribution is 2.39. The van der Waals surface area contributed by atoms with Crippen LogP contribution in [0.4, 0.5) is 0 Å². The smallest absolute Gasteiger partial charge is 0.0648 e. The molecule has 1 atom stereocenters. The molecule has 0 radical (unpaired) electrons. The van der Waals surface area contributed by atoms with Gasteiger partial charge in [-0.25, -0.2) is 4.68 Å². The molecule has 1 N–H and O–H groups in total. The maximum absolute atomic E-state index is 4.72. The van der Waals surface area contributed by atoms with Gasteiger partial charge in [0.25, 0.3) is 0 Å². The predicted molar refractivity (Wildman–Crippen MR) is 84.9 cm³/mol. The third-order valence-corrected chi connectivity index (χ3v) is 5.05. The summed E-state index contributed by atoms with van der Waals surface area (Å²) in [5, 5.41) is 8.35. The lowest BCUT2D eigenvalue weighted by molar-refractivity contribution is 0.415. The SMILES string of the molecule is c1ccc(-n2ncc(C3CCC3)c2CC2CCCN2)cc1. The Hall–Kier alpha value is -1.61. The van der Waals surface area contributed by atoms with Gasteiger partial charge in [0.2, 0.25) is 0 Å². The number of para-hydroxylation sites is 1. The van der Waals surface area contributed by atoms with E-state index in [1.165, 1.54) is 55.6 Å². The first kappa shape index (κ1) is 13.1. The Bertz CT molecular complexity index is 592. The van der Waals surface area contributed by atoms with Crippen LogP contribution in [0.3, 0.4) is 0 Å². The molecule has 1 aliphatic carbocycles. The van der Waals surface area contributed by atoms with E-state index in [9.17, 15) is 0 Å². The van der Waals surface area contributed by atoms with Crippen molar-refractivity contribution < 1.29 is 0 Å². The highest BCUT2D eigenvalue weighted by atomic mass is 15.3. The summed E-state index contributed by atoms with van der Waals surface area (Å²) < 4.78 is 2.17. The molecule has 1 unspecified atom stereocenters. The number of benzene rings is 1. The van der Waals surface area contributed by atoms with Crippen molar-refractivity contribution in [3.63, 3.8) is 0 Å². The van der Waals surface area contributed by atoms with Gasteiger partial charge in [-0.3, -0.25) is 0 Å². The van der Waals surface area contributed by atoms with Gasteiger partial charge in [-0.15, -0.1) is 0 Å². The monoisotopic (exact) mass is 281 g/mol. The average Bonchev–Trinajstić information content (AvgIpc) is 3.10. The fourth-order valence-electron chi connectivity index (χ4n) is 3.61. The van der Waals surface area contributed by atoms with Gasteiger partial charge in [0.15, 0.2) is 0 Å². The molecule has 2 aliphatic rings. The number of nitrogens with one attached hydrogen (secondary N) is 1. The lowest BCUT2D eigenvalue weighted by atomic mass is 9.79. The number of aromatic nitrogens is 2. The summed E-state index contributed by atoms with van der Waals surface area (Å²) in [5.74, 6) is 0.749. The van der Waals surface area contributed by atoms with Crippen LogP contribution in [0.15, 0.2) is 36.5 Å². The minimum Gasteiger partial charge on any atom is -0.314 e. The zero-order valence-electron chi connectivity index (χ0n) is 12.5. The summed E-state index contributed by atoms with van der Waals surface area (Å²) in [6.07, 6.45) is 9.90. The summed E-state index contributed by atoms with van der Waals surface area (Å²) in [6.45, 7) is 1.17. The summed E-state index contributed by atoms with van der Waals surface area (Å²) in [7, 11) is 0. The molecule has 0 amide bonds. The van der Waals surface area contributed by atoms with Crippen molar-refractivity contribution in [3.05, 3.63) is 47.8 Å². The van der Waals surface area contributed by atoms with Crippen molar-refractivity contribution in [3.8, 4) is 5.69 Å². The van der Waals surface area contributed by atoms with Crippen molar-refractivity contribution >= 4 is 0 Å². The number of hydrogen-bond acceptors (Lipinski definition) is 2. The Morgan fingerprint density at radius 3 is 2.62 bits per heavy atom. The van der Waals surface area contributed by atoms with Crippen molar-refractivity contribution in [2.75, 3.05) is 6.54 Å². The molecule has 2 aromatic rings. The minimum atomic E-state index is 0.628. The first-order chi connectivity index (χ1) is 10.4. The van der Waals surface area contributed by atoms with E-state index in [4.69, 9.17) is 5.10 Å². The largest absolute Gasteiger partial charge is 0.314 e. The summed E-state index contributed by atoms with van der Waals surface area (Å²) in [5.41, 5.74) is 4.13. The van der Waals surface area contributed by atoms with E-state index < -0.39 is 0 Å². The maximum Gasteiger partial charge on any atom is 0.0648 e. The maximum atomic E-state index is 4.72. The Labute approximate surface area is 126 Å². The first-order valence-electron chi connectivity index (χ1n) is 8.27. The van der Waals surface area contributed by atoms with Gasteiger partial charge in [0.05, 0.1) is 11.9 Å². The van der Waals surface area contributed by atoms with Crippen LogP contribution in [0.5, 0.6) is 0 Å². The van der Waals surface area contributed by atoms with Gasteiger partial charge in [0, 0.05) is 18.2 Å². The van der Waals surface area contributed by atoms with Gasteiger partial charge < -0.3 is 5.32 Å². The second-order valence-electron chi connectivity index (χ2n) is 6.42. The van der Waals surface area contributed by atoms with Crippen molar-refractivity contribution in [2.24, 2.45) is 0 Å². The van der Waals surface area contributed by atoms with E-state index in [1.54, 1.807) is 0 Å². The summed E-state index contributed by atoms with van der Waals surface area (Å²) in [6, 6.07) is 11.2. The normalized spacial score (nSPS) is 22.4. The van der Waals surface area contributed by atoms with Gasteiger partial charge in [-0.1, -0.05) is 24.6 Å². The van der Waals surface area contributed by atoms with E-state index in [0.29, 0.717) is 6.04 Å². The zero-order valence-corrected chi connectivity index (χ0v) is 12.5. The molecule has 3 nitrogen and oxygen atoms in total. The van der Waals surface area contributed by atoms with Gasteiger partial charge >= 0.3 is 0 Å². The van der Waals surface area contributed by atoms with E-state index in [0.717, 1.165) is 12.3 Å². The molecule has 0 bridgehead atoms. The fourth-order valence-corrected chi connectivity index (χ4v) is 3.61. The molecule has 2 fully saturated rings. The number of rotatable bonds is 4. The second kappa shape index (κ2) is 5.64. The molecule has 1 saturated heterocycles. The summed E-state index contributed by atoms with van der Waals surface area (Å²) in [4.78, 5) is 0. The molecule has 0 spiro atoms. The third kappa shape index (κ3) is 2.51. The first-order valence-corrected chi connectivity index (χ1v) is 8.27. The van der Waals surface area contributed by atoms with E-state index in [2.05, 4.69) is 46.5 Å². The van der Waals surface area contributed by atoms with Crippen LogP contribution in [0.1, 0.15) is 49.3 Å². The van der Waals surface area contributed by atoms with Crippen LogP contribution in [-0.2, 0) is 6.42 Å².